The third-order valence-electron chi connectivity index (χ3n) is 2.18. The molecule has 4 heteroatoms. The summed E-state index contributed by atoms with van der Waals surface area (Å²) in [6, 6.07) is 10.6. The van der Waals surface area contributed by atoms with Crippen molar-refractivity contribution in [3.8, 4) is 5.88 Å². The summed E-state index contributed by atoms with van der Waals surface area (Å²) in [6.45, 7) is 2.61. The van der Waals surface area contributed by atoms with Crippen molar-refractivity contribution in [1.82, 2.24) is 9.78 Å². The summed E-state index contributed by atoms with van der Waals surface area (Å²) in [7, 11) is 0. The SMILES string of the molecule is CCn1nccc1OC(=O)c1ccccc1. The normalized spacial score (nSPS) is 10.1. The number of esters is 1. The highest BCUT2D eigenvalue weighted by Crippen LogP contribution is 2.11. The molecule has 2 rings (SSSR count). The Hall–Kier alpha value is -2.10. The van der Waals surface area contributed by atoms with E-state index in [4.69, 9.17) is 4.74 Å². The largest absolute Gasteiger partial charge is 0.404 e. The number of rotatable bonds is 3. The molecule has 0 N–H and O–H groups in total. The highest BCUT2D eigenvalue weighted by molar-refractivity contribution is 5.90. The van der Waals surface area contributed by atoms with Crippen molar-refractivity contribution in [2.24, 2.45) is 0 Å². The van der Waals surface area contributed by atoms with Crippen LogP contribution in [0.2, 0.25) is 0 Å². The second kappa shape index (κ2) is 4.61. The van der Waals surface area contributed by atoms with Crippen LogP contribution in [0, 0.1) is 0 Å². The fraction of sp³-hybridized carbons (Fsp3) is 0.167. The van der Waals surface area contributed by atoms with E-state index in [1.807, 2.05) is 13.0 Å². The molecule has 0 bridgehead atoms. The predicted molar refractivity (Wildman–Crippen MR) is 59.3 cm³/mol. The van der Waals surface area contributed by atoms with Gasteiger partial charge in [-0.2, -0.15) is 5.10 Å². The first-order chi connectivity index (χ1) is 7.81. The van der Waals surface area contributed by atoms with Crippen molar-refractivity contribution in [2.45, 2.75) is 13.5 Å². The maximum atomic E-state index is 11.7. The molecule has 0 aliphatic carbocycles. The average molecular weight is 216 g/mol. The summed E-state index contributed by atoms with van der Waals surface area (Å²) in [5, 5.41) is 4.02. The third-order valence-corrected chi connectivity index (χ3v) is 2.18. The molecule has 0 amide bonds. The molecule has 16 heavy (non-hydrogen) atoms. The van der Waals surface area contributed by atoms with E-state index in [0.717, 1.165) is 0 Å². The van der Waals surface area contributed by atoms with Crippen molar-refractivity contribution in [2.75, 3.05) is 0 Å². The number of hydrogen-bond donors (Lipinski definition) is 0. The Bertz CT molecular complexity index is 477. The molecule has 0 aliphatic heterocycles. The van der Waals surface area contributed by atoms with Gasteiger partial charge in [0.15, 0.2) is 0 Å². The quantitative estimate of drug-likeness (QED) is 0.738. The molecular formula is C12H12N2O2. The number of benzene rings is 1. The van der Waals surface area contributed by atoms with Crippen molar-refractivity contribution in [3.63, 3.8) is 0 Å². The van der Waals surface area contributed by atoms with E-state index in [1.165, 1.54) is 0 Å². The van der Waals surface area contributed by atoms with Crippen LogP contribution in [-0.4, -0.2) is 15.7 Å². The minimum atomic E-state index is -0.365. The van der Waals surface area contributed by atoms with Crippen LogP contribution in [0.3, 0.4) is 0 Å². The van der Waals surface area contributed by atoms with Gasteiger partial charge in [0, 0.05) is 12.6 Å². The number of nitrogens with zero attached hydrogens (tertiary/aromatic N) is 2. The number of aryl methyl sites for hydroxylation is 1. The molecule has 1 aromatic heterocycles. The molecule has 0 radical (unpaired) electrons. The molecule has 0 aliphatic rings. The molecule has 1 heterocycles. The van der Waals surface area contributed by atoms with Gasteiger partial charge in [0.1, 0.15) is 0 Å². The zero-order valence-corrected chi connectivity index (χ0v) is 8.96. The van der Waals surface area contributed by atoms with E-state index in [9.17, 15) is 4.79 Å². The lowest BCUT2D eigenvalue weighted by atomic mass is 10.2. The summed E-state index contributed by atoms with van der Waals surface area (Å²) < 4.78 is 6.85. The maximum absolute atomic E-state index is 11.7. The van der Waals surface area contributed by atoms with Gasteiger partial charge in [-0.05, 0) is 19.1 Å². The number of hydrogen-bond acceptors (Lipinski definition) is 3. The molecule has 0 unspecified atom stereocenters. The van der Waals surface area contributed by atoms with Gasteiger partial charge < -0.3 is 4.74 Å². The van der Waals surface area contributed by atoms with Crippen molar-refractivity contribution in [1.29, 1.82) is 0 Å². The first-order valence-electron chi connectivity index (χ1n) is 5.10. The average Bonchev–Trinajstić information content (AvgIpc) is 2.77. The Kier molecular flexibility index (Phi) is 3.00. The van der Waals surface area contributed by atoms with Crippen LogP contribution in [0.15, 0.2) is 42.6 Å². The van der Waals surface area contributed by atoms with Gasteiger partial charge in [0.05, 0.1) is 11.8 Å². The minimum absolute atomic E-state index is 0.365. The van der Waals surface area contributed by atoms with Gasteiger partial charge in [-0.25, -0.2) is 9.48 Å². The van der Waals surface area contributed by atoms with Gasteiger partial charge in [-0.15, -0.1) is 0 Å². The van der Waals surface area contributed by atoms with E-state index >= 15 is 0 Å². The van der Waals surface area contributed by atoms with E-state index in [2.05, 4.69) is 5.10 Å². The summed E-state index contributed by atoms with van der Waals surface area (Å²) in [5.41, 5.74) is 0.534. The highest BCUT2D eigenvalue weighted by Gasteiger charge is 2.10. The van der Waals surface area contributed by atoms with Gasteiger partial charge in [0.2, 0.25) is 5.88 Å². The van der Waals surface area contributed by atoms with Crippen LogP contribution in [-0.2, 0) is 6.54 Å². The lowest BCUT2D eigenvalue weighted by molar-refractivity contribution is 0.0718. The van der Waals surface area contributed by atoms with E-state index in [0.29, 0.717) is 18.0 Å². The maximum Gasteiger partial charge on any atom is 0.344 e. The Morgan fingerprint density at radius 2 is 2.06 bits per heavy atom. The van der Waals surface area contributed by atoms with Crippen LogP contribution < -0.4 is 4.74 Å². The molecule has 0 saturated carbocycles. The zero-order valence-electron chi connectivity index (χ0n) is 8.96. The van der Waals surface area contributed by atoms with Crippen molar-refractivity contribution >= 4 is 5.97 Å². The van der Waals surface area contributed by atoms with Crippen LogP contribution in [0.25, 0.3) is 0 Å². The second-order valence-corrected chi connectivity index (χ2v) is 3.24. The standard InChI is InChI=1S/C12H12N2O2/c1-2-14-11(8-9-13-14)16-12(15)10-6-4-3-5-7-10/h3-9H,2H2,1H3. The number of aromatic nitrogens is 2. The molecule has 0 saturated heterocycles. The molecule has 0 fully saturated rings. The number of carbonyl (C=O) groups excluding carboxylic acids is 1. The zero-order chi connectivity index (χ0) is 11.4. The van der Waals surface area contributed by atoms with Crippen LogP contribution in [0.5, 0.6) is 5.88 Å². The molecular weight excluding hydrogens is 204 g/mol. The molecule has 2 aromatic rings. The van der Waals surface area contributed by atoms with Gasteiger partial charge >= 0.3 is 5.97 Å². The molecule has 82 valence electrons. The van der Waals surface area contributed by atoms with Crippen molar-refractivity contribution in [3.05, 3.63) is 48.2 Å². The van der Waals surface area contributed by atoms with E-state index in [1.54, 1.807) is 41.2 Å². The lowest BCUT2D eigenvalue weighted by Gasteiger charge is -2.05. The first-order valence-corrected chi connectivity index (χ1v) is 5.10. The monoisotopic (exact) mass is 216 g/mol. The van der Waals surface area contributed by atoms with Gasteiger partial charge in [0.25, 0.3) is 0 Å². The smallest absolute Gasteiger partial charge is 0.344 e. The van der Waals surface area contributed by atoms with Crippen molar-refractivity contribution < 1.29 is 9.53 Å². The van der Waals surface area contributed by atoms with E-state index < -0.39 is 0 Å². The Morgan fingerprint density at radius 3 is 2.75 bits per heavy atom. The predicted octanol–water partition coefficient (Wildman–Crippen LogP) is 2.12. The Balaban J connectivity index is 2.14. The van der Waals surface area contributed by atoms with Crippen LogP contribution in [0.4, 0.5) is 0 Å². The van der Waals surface area contributed by atoms with Gasteiger partial charge in [-0.3, -0.25) is 0 Å². The fourth-order valence-corrected chi connectivity index (χ4v) is 1.37. The van der Waals surface area contributed by atoms with Gasteiger partial charge in [-0.1, -0.05) is 18.2 Å². The highest BCUT2D eigenvalue weighted by atomic mass is 16.5. The summed E-state index contributed by atoms with van der Waals surface area (Å²) >= 11 is 0. The molecule has 0 spiro atoms. The first kappa shape index (κ1) is 10.4. The molecule has 4 nitrogen and oxygen atoms in total. The summed E-state index contributed by atoms with van der Waals surface area (Å²) in [6.07, 6.45) is 1.61. The topological polar surface area (TPSA) is 44.1 Å². The Labute approximate surface area is 93.5 Å². The summed E-state index contributed by atoms with van der Waals surface area (Å²) in [4.78, 5) is 11.7. The lowest BCUT2D eigenvalue weighted by Crippen LogP contribution is -2.11. The molecule has 1 aromatic carbocycles. The summed E-state index contributed by atoms with van der Waals surface area (Å²) in [5.74, 6) is 0.104. The third kappa shape index (κ3) is 2.11. The number of ether oxygens (including phenoxy) is 1. The minimum Gasteiger partial charge on any atom is -0.404 e. The van der Waals surface area contributed by atoms with Crippen LogP contribution in [0.1, 0.15) is 17.3 Å². The second-order valence-electron chi connectivity index (χ2n) is 3.24. The Morgan fingerprint density at radius 1 is 1.31 bits per heavy atom. The van der Waals surface area contributed by atoms with Crippen LogP contribution >= 0.6 is 0 Å². The fourth-order valence-electron chi connectivity index (χ4n) is 1.37. The number of carbonyl (C=O) groups is 1. The molecule has 0 atom stereocenters. The van der Waals surface area contributed by atoms with E-state index in [-0.39, 0.29) is 5.97 Å².